The number of anilines is 2. The van der Waals surface area contributed by atoms with E-state index in [4.69, 9.17) is 4.52 Å². The fraction of sp³-hybridized carbons (Fsp3) is 0.643. The lowest BCUT2D eigenvalue weighted by atomic mass is 9.88. The molecule has 39 heavy (non-hydrogen) atoms. The van der Waals surface area contributed by atoms with Crippen LogP contribution in [-0.4, -0.2) is 61.7 Å². The van der Waals surface area contributed by atoms with Crippen LogP contribution in [0.15, 0.2) is 34.9 Å². The first-order valence-electron chi connectivity index (χ1n) is 13.8. The summed E-state index contributed by atoms with van der Waals surface area (Å²) in [6.45, 7) is 7.40. The van der Waals surface area contributed by atoms with Gasteiger partial charge < -0.3 is 9.84 Å². The fourth-order valence-electron chi connectivity index (χ4n) is 5.70. The van der Waals surface area contributed by atoms with Crippen LogP contribution in [0, 0.1) is 25.7 Å². The molecule has 1 saturated heterocycles. The van der Waals surface area contributed by atoms with Crippen molar-refractivity contribution in [3.8, 4) is 0 Å². The van der Waals surface area contributed by atoms with E-state index in [9.17, 15) is 22.0 Å². The number of alkyl halides is 2. The van der Waals surface area contributed by atoms with E-state index >= 15 is 0 Å². The van der Waals surface area contributed by atoms with Gasteiger partial charge >= 0.3 is 0 Å². The molecule has 1 atom stereocenters. The Labute approximate surface area is 230 Å². The fourth-order valence-corrected chi connectivity index (χ4v) is 7.69. The Morgan fingerprint density at radius 2 is 1.77 bits per heavy atom. The lowest BCUT2D eigenvalue weighted by molar-refractivity contribution is -0.117. The SMILES string of the molecule is Cc1noc(C)c1NC(=O)CC1CCN(C(C)CN(c2ccccc2)S(=O)(=O)CC2CCC(F)(F)CC2)CC1. The van der Waals surface area contributed by atoms with Crippen molar-refractivity contribution >= 4 is 27.3 Å². The summed E-state index contributed by atoms with van der Waals surface area (Å²) >= 11 is 0. The predicted molar refractivity (Wildman–Crippen MR) is 147 cm³/mol. The Balaban J connectivity index is 1.34. The summed E-state index contributed by atoms with van der Waals surface area (Å²) in [5.74, 6) is -2.29. The van der Waals surface area contributed by atoms with Crippen molar-refractivity contribution in [3.05, 3.63) is 41.8 Å². The molecule has 1 aliphatic heterocycles. The Morgan fingerprint density at radius 3 is 2.36 bits per heavy atom. The van der Waals surface area contributed by atoms with Gasteiger partial charge in [0, 0.05) is 31.8 Å². The van der Waals surface area contributed by atoms with Gasteiger partial charge in [0.15, 0.2) is 5.76 Å². The van der Waals surface area contributed by atoms with Crippen molar-refractivity contribution in [3.63, 3.8) is 0 Å². The molecule has 2 fully saturated rings. The number of nitrogens with zero attached hydrogens (tertiary/aromatic N) is 3. The van der Waals surface area contributed by atoms with Crippen LogP contribution >= 0.6 is 0 Å². The Morgan fingerprint density at radius 1 is 1.13 bits per heavy atom. The number of piperidine rings is 1. The second-order valence-electron chi connectivity index (χ2n) is 11.2. The molecule has 0 bridgehead atoms. The zero-order chi connectivity index (χ0) is 28.2. The molecule has 1 saturated carbocycles. The van der Waals surface area contributed by atoms with E-state index in [0.717, 1.165) is 25.9 Å². The molecule has 11 heteroatoms. The number of aromatic nitrogens is 1. The monoisotopic (exact) mass is 566 g/mol. The highest BCUT2D eigenvalue weighted by Gasteiger charge is 2.38. The highest BCUT2D eigenvalue weighted by atomic mass is 32.2. The van der Waals surface area contributed by atoms with Crippen LogP contribution in [-0.2, 0) is 14.8 Å². The van der Waals surface area contributed by atoms with Gasteiger partial charge in [-0.15, -0.1) is 0 Å². The zero-order valence-electron chi connectivity index (χ0n) is 23.0. The van der Waals surface area contributed by atoms with Crippen LogP contribution in [0.1, 0.15) is 63.3 Å². The number of carbonyl (C=O) groups excluding carboxylic acids is 1. The number of hydrogen-bond donors (Lipinski definition) is 1. The molecule has 1 amide bonds. The van der Waals surface area contributed by atoms with Gasteiger partial charge in [0.05, 0.1) is 11.4 Å². The molecule has 1 unspecified atom stereocenters. The molecular weight excluding hydrogens is 526 g/mol. The summed E-state index contributed by atoms with van der Waals surface area (Å²) in [5.41, 5.74) is 1.88. The first kappa shape index (κ1) is 29.5. The highest BCUT2D eigenvalue weighted by molar-refractivity contribution is 7.92. The molecule has 1 aromatic carbocycles. The second kappa shape index (κ2) is 12.3. The Hall–Kier alpha value is -2.53. The van der Waals surface area contributed by atoms with Gasteiger partial charge in [0.1, 0.15) is 11.4 Å². The van der Waals surface area contributed by atoms with E-state index < -0.39 is 15.9 Å². The topological polar surface area (TPSA) is 95.8 Å². The summed E-state index contributed by atoms with van der Waals surface area (Å²) in [6, 6.07) is 8.97. The number of aryl methyl sites for hydroxylation is 2. The van der Waals surface area contributed by atoms with Gasteiger partial charge in [-0.25, -0.2) is 17.2 Å². The van der Waals surface area contributed by atoms with E-state index in [-0.39, 0.29) is 61.8 Å². The third kappa shape index (κ3) is 7.78. The second-order valence-corrected chi connectivity index (χ2v) is 13.2. The standard InChI is InChI=1S/C28H40F2N4O4S/c1-20(33-15-11-23(12-16-33)17-26(35)31-27-21(2)32-38-22(27)3)18-34(25-7-5-4-6-8-25)39(36,37)19-24-9-13-28(29,30)14-10-24/h4-8,20,23-24H,9-19H2,1-3H3,(H,31,35). The molecule has 216 valence electrons. The van der Waals surface area contributed by atoms with Crippen LogP contribution in [0.3, 0.4) is 0 Å². The number of para-hydroxylation sites is 1. The van der Waals surface area contributed by atoms with Crippen molar-refractivity contribution in [1.29, 1.82) is 0 Å². The number of sulfonamides is 1. The van der Waals surface area contributed by atoms with Crippen LogP contribution in [0.25, 0.3) is 0 Å². The van der Waals surface area contributed by atoms with Gasteiger partial charge in [-0.1, -0.05) is 23.4 Å². The maximum Gasteiger partial charge on any atom is 0.248 e. The summed E-state index contributed by atoms with van der Waals surface area (Å²) in [5, 5.41) is 6.79. The summed E-state index contributed by atoms with van der Waals surface area (Å²) < 4.78 is 61.0. The van der Waals surface area contributed by atoms with Crippen molar-refractivity contribution in [2.75, 3.05) is 35.0 Å². The average Bonchev–Trinajstić information content (AvgIpc) is 3.21. The van der Waals surface area contributed by atoms with Gasteiger partial charge in [-0.05, 0) is 83.5 Å². The van der Waals surface area contributed by atoms with Gasteiger partial charge in [0.25, 0.3) is 0 Å². The molecule has 2 aliphatic rings. The molecule has 4 rings (SSSR count). The molecule has 0 spiro atoms. The normalized spacial score (nSPS) is 20.0. The van der Waals surface area contributed by atoms with Crippen LogP contribution in [0.5, 0.6) is 0 Å². The molecule has 1 aromatic heterocycles. The lowest BCUT2D eigenvalue weighted by Crippen LogP contribution is -2.48. The first-order valence-corrected chi connectivity index (χ1v) is 15.4. The molecule has 0 radical (unpaired) electrons. The molecule has 8 nitrogen and oxygen atoms in total. The van der Waals surface area contributed by atoms with Gasteiger partial charge in [-0.3, -0.25) is 14.0 Å². The maximum absolute atomic E-state index is 13.6. The summed E-state index contributed by atoms with van der Waals surface area (Å²) in [4.78, 5) is 14.9. The van der Waals surface area contributed by atoms with Gasteiger partial charge in [-0.2, -0.15) is 0 Å². The first-order chi connectivity index (χ1) is 18.4. The van der Waals surface area contributed by atoms with Crippen molar-refractivity contribution in [2.24, 2.45) is 11.8 Å². The number of amides is 1. The van der Waals surface area contributed by atoms with E-state index in [1.165, 1.54) is 4.31 Å². The van der Waals surface area contributed by atoms with Crippen molar-refractivity contribution in [2.45, 2.75) is 77.7 Å². The van der Waals surface area contributed by atoms with E-state index in [1.54, 1.807) is 26.0 Å². The number of nitrogens with one attached hydrogen (secondary N) is 1. The molecule has 2 aromatic rings. The largest absolute Gasteiger partial charge is 0.359 e. The lowest BCUT2D eigenvalue weighted by Gasteiger charge is -2.38. The number of carbonyl (C=O) groups is 1. The summed E-state index contributed by atoms with van der Waals surface area (Å²) in [7, 11) is -3.71. The van der Waals surface area contributed by atoms with E-state index in [1.807, 2.05) is 25.1 Å². The van der Waals surface area contributed by atoms with Crippen LogP contribution in [0.2, 0.25) is 0 Å². The molecular formula is C28H40F2N4O4S. The van der Waals surface area contributed by atoms with E-state index in [2.05, 4.69) is 15.4 Å². The molecule has 1 N–H and O–H groups in total. The molecule has 1 aliphatic carbocycles. The number of likely N-dealkylation sites (tertiary alicyclic amines) is 1. The number of rotatable bonds is 10. The third-order valence-corrected chi connectivity index (χ3v) is 10.1. The minimum absolute atomic E-state index is 0.0484. The quantitative estimate of drug-likeness (QED) is 0.415. The maximum atomic E-state index is 13.6. The summed E-state index contributed by atoms with van der Waals surface area (Å²) in [6.07, 6.45) is 2.04. The van der Waals surface area contributed by atoms with Crippen molar-refractivity contribution < 1.29 is 26.5 Å². The van der Waals surface area contributed by atoms with Crippen LogP contribution in [0.4, 0.5) is 20.2 Å². The molecule has 2 heterocycles. The number of halogens is 2. The van der Waals surface area contributed by atoms with Gasteiger partial charge in [0.2, 0.25) is 21.9 Å². The van der Waals surface area contributed by atoms with E-state index in [0.29, 0.717) is 29.2 Å². The third-order valence-electron chi connectivity index (χ3n) is 8.14. The van der Waals surface area contributed by atoms with Crippen LogP contribution < -0.4 is 9.62 Å². The number of hydrogen-bond acceptors (Lipinski definition) is 6. The predicted octanol–water partition coefficient (Wildman–Crippen LogP) is 5.38. The number of benzene rings is 1. The average molecular weight is 567 g/mol. The minimum Gasteiger partial charge on any atom is -0.359 e. The Kier molecular flexibility index (Phi) is 9.31. The zero-order valence-corrected chi connectivity index (χ0v) is 23.9. The highest BCUT2D eigenvalue weighted by Crippen LogP contribution is 2.37. The Bertz CT molecular complexity index is 1180. The smallest absolute Gasteiger partial charge is 0.248 e. The minimum atomic E-state index is -3.71. The van der Waals surface area contributed by atoms with Crippen molar-refractivity contribution in [1.82, 2.24) is 10.1 Å².